The maximum Gasteiger partial charge on any atom is 0.244 e. The van der Waals surface area contributed by atoms with Gasteiger partial charge in [0.2, 0.25) is 10.0 Å². The Balaban J connectivity index is 2.93. The molecule has 0 atom stereocenters. The van der Waals surface area contributed by atoms with Gasteiger partial charge in [-0.15, -0.1) is 0 Å². The van der Waals surface area contributed by atoms with Gasteiger partial charge in [-0.1, -0.05) is 6.07 Å². The van der Waals surface area contributed by atoms with E-state index >= 15 is 0 Å². The molecule has 0 aromatic heterocycles. The van der Waals surface area contributed by atoms with E-state index in [1.54, 1.807) is 26.3 Å². The lowest BCUT2D eigenvalue weighted by Crippen LogP contribution is -2.26. The third-order valence-corrected chi connectivity index (χ3v) is 4.20. The topological polar surface area (TPSA) is 76.7 Å². The molecule has 2 N–H and O–H groups in total. The van der Waals surface area contributed by atoms with Crippen molar-refractivity contribution >= 4 is 10.0 Å². The monoisotopic (exact) mass is 302 g/mol. The number of nitrogens with one attached hydrogen (secondary N) is 2. The van der Waals surface area contributed by atoms with E-state index in [2.05, 4.69) is 10.0 Å². The zero-order valence-electron chi connectivity index (χ0n) is 12.1. The van der Waals surface area contributed by atoms with Crippen molar-refractivity contribution < 1.29 is 17.9 Å². The maximum atomic E-state index is 12.3. The SMILES string of the molecule is CNCc1ccc(OC)c(S(=O)(=O)NCCCOC)c1. The van der Waals surface area contributed by atoms with Crippen LogP contribution in [0.5, 0.6) is 5.75 Å². The van der Waals surface area contributed by atoms with Crippen molar-refractivity contribution in [2.45, 2.75) is 17.9 Å². The lowest BCUT2D eigenvalue weighted by molar-refractivity contribution is 0.196. The summed E-state index contributed by atoms with van der Waals surface area (Å²) in [5.41, 5.74) is 0.880. The minimum atomic E-state index is -3.58. The number of methoxy groups -OCH3 is 2. The van der Waals surface area contributed by atoms with Gasteiger partial charge < -0.3 is 14.8 Å². The molecule has 1 aromatic rings. The third kappa shape index (κ3) is 4.75. The first-order valence-electron chi connectivity index (χ1n) is 6.35. The average Bonchev–Trinajstić information content (AvgIpc) is 2.44. The van der Waals surface area contributed by atoms with Crippen LogP contribution >= 0.6 is 0 Å². The van der Waals surface area contributed by atoms with Crippen LogP contribution in [0.15, 0.2) is 23.1 Å². The summed E-state index contributed by atoms with van der Waals surface area (Å²) >= 11 is 0. The van der Waals surface area contributed by atoms with E-state index in [0.717, 1.165) is 5.56 Å². The Morgan fingerprint density at radius 3 is 2.60 bits per heavy atom. The van der Waals surface area contributed by atoms with Crippen molar-refractivity contribution in [3.8, 4) is 5.75 Å². The Morgan fingerprint density at radius 2 is 2.00 bits per heavy atom. The van der Waals surface area contributed by atoms with Crippen LogP contribution in [-0.2, 0) is 21.3 Å². The van der Waals surface area contributed by atoms with Gasteiger partial charge in [-0.3, -0.25) is 0 Å². The van der Waals surface area contributed by atoms with Gasteiger partial charge in [0.05, 0.1) is 7.11 Å². The molecule has 0 heterocycles. The normalized spacial score (nSPS) is 11.6. The molecule has 7 heteroatoms. The fraction of sp³-hybridized carbons (Fsp3) is 0.538. The Kier molecular flexibility index (Phi) is 6.94. The molecule has 20 heavy (non-hydrogen) atoms. The summed E-state index contributed by atoms with van der Waals surface area (Å²) in [5.74, 6) is 0.337. The van der Waals surface area contributed by atoms with Gasteiger partial charge in [0.1, 0.15) is 10.6 Å². The Morgan fingerprint density at radius 1 is 1.25 bits per heavy atom. The second-order valence-electron chi connectivity index (χ2n) is 4.26. The molecule has 0 fully saturated rings. The van der Waals surface area contributed by atoms with Gasteiger partial charge in [-0.2, -0.15) is 0 Å². The Bertz CT molecular complexity index is 517. The van der Waals surface area contributed by atoms with Crippen LogP contribution in [-0.4, -0.2) is 42.8 Å². The fourth-order valence-corrected chi connectivity index (χ4v) is 3.04. The standard InChI is InChI=1S/C13H22N2O4S/c1-14-10-11-5-6-12(19-3)13(9-11)20(16,17)15-7-4-8-18-2/h5-6,9,14-15H,4,7-8,10H2,1-3H3. The largest absolute Gasteiger partial charge is 0.495 e. The molecule has 0 amide bonds. The van der Waals surface area contributed by atoms with E-state index in [-0.39, 0.29) is 4.90 Å². The summed E-state index contributed by atoms with van der Waals surface area (Å²) in [5, 5.41) is 2.99. The summed E-state index contributed by atoms with van der Waals surface area (Å²) in [6.45, 7) is 1.44. The minimum absolute atomic E-state index is 0.158. The predicted octanol–water partition coefficient (Wildman–Crippen LogP) is 0.729. The van der Waals surface area contributed by atoms with E-state index in [9.17, 15) is 8.42 Å². The molecule has 1 rings (SSSR count). The van der Waals surface area contributed by atoms with Crippen LogP contribution in [0.2, 0.25) is 0 Å². The van der Waals surface area contributed by atoms with Crippen molar-refractivity contribution in [1.82, 2.24) is 10.0 Å². The van der Waals surface area contributed by atoms with Crippen LogP contribution < -0.4 is 14.8 Å². The second-order valence-corrected chi connectivity index (χ2v) is 6.00. The summed E-state index contributed by atoms with van der Waals surface area (Å²) in [4.78, 5) is 0.158. The average molecular weight is 302 g/mol. The van der Waals surface area contributed by atoms with E-state index in [1.807, 2.05) is 6.07 Å². The highest BCUT2D eigenvalue weighted by molar-refractivity contribution is 7.89. The van der Waals surface area contributed by atoms with Crippen molar-refractivity contribution in [1.29, 1.82) is 0 Å². The summed E-state index contributed by atoms with van der Waals surface area (Å²) in [6, 6.07) is 5.11. The summed E-state index contributed by atoms with van der Waals surface area (Å²) < 4.78 is 37.1. The molecule has 0 radical (unpaired) electrons. The highest BCUT2D eigenvalue weighted by Gasteiger charge is 2.19. The molecule has 0 saturated carbocycles. The molecular formula is C13H22N2O4S. The quantitative estimate of drug-likeness (QED) is 0.658. The zero-order chi connectivity index (χ0) is 15.0. The second kappa shape index (κ2) is 8.21. The molecule has 1 aromatic carbocycles. The van der Waals surface area contributed by atoms with Crippen LogP contribution in [0.3, 0.4) is 0 Å². The molecule has 0 unspecified atom stereocenters. The van der Waals surface area contributed by atoms with Gasteiger partial charge in [-0.25, -0.2) is 13.1 Å². The summed E-state index contributed by atoms with van der Waals surface area (Å²) in [7, 11) is 1.26. The van der Waals surface area contributed by atoms with Crippen molar-refractivity contribution in [2.24, 2.45) is 0 Å². The molecule has 0 bridgehead atoms. The van der Waals surface area contributed by atoms with Crippen LogP contribution in [0.25, 0.3) is 0 Å². The number of hydrogen-bond acceptors (Lipinski definition) is 5. The first-order chi connectivity index (χ1) is 9.55. The van der Waals surface area contributed by atoms with Crippen molar-refractivity contribution in [3.63, 3.8) is 0 Å². The first kappa shape index (κ1) is 16.9. The maximum absolute atomic E-state index is 12.3. The Labute approximate surface area is 120 Å². The molecule has 0 aliphatic carbocycles. The smallest absolute Gasteiger partial charge is 0.244 e. The van der Waals surface area contributed by atoms with Crippen LogP contribution in [0, 0.1) is 0 Å². The molecule has 0 saturated heterocycles. The fourth-order valence-electron chi connectivity index (χ4n) is 1.75. The lowest BCUT2D eigenvalue weighted by atomic mass is 10.2. The highest BCUT2D eigenvalue weighted by Crippen LogP contribution is 2.24. The van der Waals surface area contributed by atoms with Crippen LogP contribution in [0.4, 0.5) is 0 Å². The van der Waals surface area contributed by atoms with E-state index in [4.69, 9.17) is 9.47 Å². The van der Waals surface area contributed by atoms with E-state index < -0.39 is 10.0 Å². The number of rotatable bonds is 9. The summed E-state index contributed by atoms with van der Waals surface area (Å²) in [6.07, 6.45) is 0.619. The van der Waals surface area contributed by atoms with Crippen LogP contribution in [0.1, 0.15) is 12.0 Å². The van der Waals surface area contributed by atoms with E-state index in [1.165, 1.54) is 7.11 Å². The molecule has 0 aliphatic rings. The minimum Gasteiger partial charge on any atom is -0.495 e. The number of benzene rings is 1. The number of hydrogen-bond donors (Lipinski definition) is 2. The van der Waals surface area contributed by atoms with Crippen molar-refractivity contribution in [2.75, 3.05) is 34.4 Å². The van der Waals surface area contributed by atoms with Gasteiger partial charge in [0, 0.05) is 26.8 Å². The van der Waals surface area contributed by atoms with Gasteiger partial charge in [-0.05, 0) is 31.2 Å². The molecule has 6 nitrogen and oxygen atoms in total. The number of sulfonamides is 1. The molecule has 114 valence electrons. The zero-order valence-corrected chi connectivity index (χ0v) is 12.9. The van der Waals surface area contributed by atoms with Gasteiger partial charge in [0.15, 0.2) is 0 Å². The Hall–Kier alpha value is -1.15. The molecule has 0 aliphatic heterocycles. The predicted molar refractivity (Wildman–Crippen MR) is 77.4 cm³/mol. The highest BCUT2D eigenvalue weighted by atomic mass is 32.2. The van der Waals surface area contributed by atoms with Gasteiger partial charge >= 0.3 is 0 Å². The van der Waals surface area contributed by atoms with Crippen molar-refractivity contribution in [3.05, 3.63) is 23.8 Å². The number of ether oxygens (including phenoxy) is 2. The molecule has 0 spiro atoms. The van der Waals surface area contributed by atoms with E-state index in [0.29, 0.717) is 31.9 Å². The molecular weight excluding hydrogens is 280 g/mol. The lowest BCUT2D eigenvalue weighted by Gasteiger charge is -2.12. The van der Waals surface area contributed by atoms with Gasteiger partial charge in [0.25, 0.3) is 0 Å². The third-order valence-electron chi connectivity index (χ3n) is 2.72. The first-order valence-corrected chi connectivity index (χ1v) is 7.83.